The summed E-state index contributed by atoms with van der Waals surface area (Å²) in [6.45, 7) is 7.40. The second-order valence-electron chi connectivity index (χ2n) is 7.79. The standard InChI is InChI=1S/C24H28N2O6S/c1-4-12-29-18-8-6-17(7-9-18)22-26-24(23(32-22)25-16(3)5-2)33(27,28)19-10-11-20-21(15-19)31-14-13-30-20/h6-11,15-16,25H,4-5,12-14H2,1-3H3. The van der Waals surface area contributed by atoms with Crippen molar-refractivity contribution in [1.82, 2.24) is 4.98 Å². The third kappa shape index (κ3) is 4.93. The second-order valence-corrected chi connectivity index (χ2v) is 9.65. The van der Waals surface area contributed by atoms with E-state index in [1.165, 1.54) is 12.1 Å². The lowest BCUT2D eigenvalue weighted by atomic mass is 10.2. The van der Waals surface area contributed by atoms with Crippen LogP contribution in [0.25, 0.3) is 11.5 Å². The Morgan fingerprint density at radius 3 is 2.48 bits per heavy atom. The molecule has 9 heteroatoms. The van der Waals surface area contributed by atoms with Crippen molar-refractivity contribution in [3.05, 3.63) is 42.5 Å². The van der Waals surface area contributed by atoms with Gasteiger partial charge in [0.1, 0.15) is 19.0 Å². The molecule has 2 aromatic carbocycles. The lowest BCUT2D eigenvalue weighted by Crippen LogP contribution is -2.17. The van der Waals surface area contributed by atoms with E-state index in [9.17, 15) is 8.42 Å². The average Bonchev–Trinajstić information content (AvgIpc) is 3.27. The normalized spacial score (nSPS) is 14.0. The highest BCUT2D eigenvalue weighted by Gasteiger charge is 2.30. The molecule has 8 nitrogen and oxygen atoms in total. The SMILES string of the molecule is CCCOc1ccc(-c2nc(S(=O)(=O)c3ccc4c(c3)OCCO4)c(NC(C)CC)o2)cc1. The number of nitrogens with one attached hydrogen (secondary N) is 1. The number of benzene rings is 2. The topological polar surface area (TPSA) is 99.9 Å². The molecule has 0 bridgehead atoms. The van der Waals surface area contributed by atoms with E-state index in [2.05, 4.69) is 10.3 Å². The number of anilines is 1. The number of fused-ring (bicyclic) bond motifs is 1. The Morgan fingerprint density at radius 1 is 1.06 bits per heavy atom. The summed E-state index contributed by atoms with van der Waals surface area (Å²) < 4.78 is 49.7. The largest absolute Gasteiger partial charge is 0.494 e. The number of hydrogen-bond acceptors (Lipinski definition) is 8. The third-order valence-electron chi connectivity index (χ3n) is 5.24. The fraction of sp³-hybridized carbons (Fsp3) is 0.375. The summed E-state index contributed by atoms with van der Waals surface area (Å²) in [7, 11) is -3.99. The van der Waals surface area contributed by atoms with Crippen LogP contribution in [0, 0.1) is 0 Å². The lowest BCUT2D eigenvalue weighted by Gasteiger charge is -2.18. The van der Waals surface area contributed by atoms with Crippen LogP contribution in [0.1, 0.15) is 33.6 Å². The fourth-order valence-corrected chi connectivity index (χ4v) is 4.53. The minimum absolute atomic E-state index is 0.00941. The molecule has 0 aliphatic carbocycles. The van der Waals surface area contributed by atoms with E-state index in [0.29, 0.717) is 36.9 Å². The van der Waals surface area contributed by atoms with Gasteiger partial charge in [-0.3, -0.25) is 0 Å². The number of nitrogens with zero attached hydrogens (tertiary/aromatic N) is 1. The zero-order chi connectivity index (χ0) is 23.4. The molecule has 1 aliphatic rings. The lowest BCUT2D eigenvalue weighted by molar-refractivity contribution is 0.171. The van der Waals surface area contributed by atoms with Crippen molar-refractivity contribution in [3.8, 4) is 28.7 Å². The van der Waals surface area contributed by atoms with Crippen LogP contribution in [-0.4, -0.2) is 39.3 Å². The molecule has 1 atom stereocenters. The molecule has 2 heterocycles. The van der Waals surface area contributed by atoms with Crippen molar-refractivity contribution in [2.45, 2.75) is 49.6 Å². The minimum Gasteiger partial charge on any atom is -0.494 e. The minimum atomic E-state index is -3.99. The van der Waals surface area contributed by atoms with Gasteiger partial charge in [0.25, 0.3) is 0 Å². The Bertz CT molecular complexity index is 1200. The van der Waals surface area contributed by atoms with Crippen molar-refractivity contribution >= 4 is 15.7 Å². The molecular weight excluding hydrogens is 444 g/mol. The summed E-state index contributed by atoms with van der Waals surface area (Å²) in [5, 5.41) is 2.97. The highest BCUT2D eigenvalue weighted by atomic mass is 32.2. The summed E-state index contributed by atoms with van der Waals surface area (Å²) in [4.78, 5) is 4.45. The zero-order valence-electron chi connectivity index (χ0n) is 19.0. The van der Waals surface area contributed by atoms with Crippen molar-refractivity contribution in [3.63, 3.8) is 0 Å². The molecule has 3 aromatic rings. The van der Waals surface area contributed by atoms with E-state index >= 15 is 0 Å². The maximum Gasteiger partial charge on any atom is 0.234 e. The van der Waals surface area contributed by atoms with Gasteiger partial charge in [-0.2, -0.15) is 4.98 Å². The van der Waals surface area contributed by atoms with Crippen LogP contribution in [-0.2, 0) is 9.84 Å². The van der Waals surface area contributed by atoms with Gasteiger partial charge in [-0.25, -0.2) is 8.42 Å². The summed E-state index contributed by atoms with van der Waals surface area (Å²) in [5.74, 6) is 1.96. The van der Waals surface area contributed by atoms with Gasteiger partial charge in [0.2, 0.25) is 26.6 Å². The third-order valence-corrected chi connectivity index (χ3v) is 6.90. The van der Waals surface area contributed by atoms with E-state index in [4.69, 9.17) is 18.6 Å². The summed E-state index contributed by atoms with van der Waals surface area (Å²) in [6, 6.07) is 11.8. The molecule has 0 radical (unpaired) electrons. The summed E-state index contributed by atoms with van der Waals surface area (Å²) in [6.07, 6.45) is 1.69. The molecule has 4 rings (SSSR count). The Hall–Kier alpha value is -3.20. The van der Waals surface area contributed by atoms with Gasteiger partial charge in [0, 0.05) is 17.7 Å². The van der Waals surface area contributed by atoms with Crippen LogP contribution in [0.5, 0.6) is 17.2 Å². The highest BCUT2D eigenvalue weighted by Crippen LogP contribution is 2.37. The second kappa shape index (κ2) is 9.74. The molecule has 0 fully saturated rings. The van der Waals surface area contributed by atoms with E-state index in [0.717, 1.165) is 18.6 Å². The maximum absolute atomic E-state index is 13.5. The van der Waals surface area contributed by atoms with Crippen molar-refractivity contribution in [2.75, 3.05) is 25.1 Å². The number of sulfone groups is 1. The smallest absolute Gasteiger partial charge is 0.234 e. The molecule has 0 spiro atoms. The Morgan fingerprint density at radius 2 is 1.79 bits per heavy atom. The first-order valence-corrected chi connectivity index (χ1v) is 12.6. The summed E-state index contributed by atoms with van der Waals surface area (Å²) >= 11 is 0. The monoisotopic (exact) mass is 472 g/mol. The van der Waals surface area contributed by atoms with Crippen LogP contribution in [0.2, 0.25) is 0 Å². The Labute approximate surface area is 193 Å². The fourth-order valence-electron chi connectivity index (χ4n) is 3.24. The van der Waals surface area contributed by atoms with Gasteiger partial charge in [-0.1, -0.05) is 13.8 Å². The van der Waals surface area contributed by atoms with Crippen LogP contribution in [0.3, 0.4) is 0 Å². The van der Waals surface area contributed by atoms with Gasteiger partial charge in [-0.05, 0) is 56.2 Å². The number of aromatic nitrogens is 1. The van der Waals surface area contributed by atoms with Gasteiger partial charge in [-0.15, -0.1) is 0 Å². The van der Waals surface area contributed by atoms with Crippen LogP contribution >= 0.6 is 0 Å². The van der Waals surface area contributed by atoms with Crippen molar-refractivity contribution in [1.29, 1.82) is 0 Å². The number of ether oxygens (including phenoxy) is 3. The molecule has 1 N–H and O–H groups in total. The van der Waals surface area contributed by atoms with E-state index < -0.39 is 9.84 Å². The van der Waals surface area contributed by atoms with E-state index in [-0.39, 0.29) is 27.7 Å². The first-order chi connectivity index (χ1) is 15.9. The van der Waals surface area contributed by atoms with Gasteiger partial charge in [0.05, 0.1) is 11.5 Å². The molecule has 1 aromatic heterocycles. The molecule has 0 amide bonds. The number of rotatable bonds is 9. The Kier molecular flexibility index (Phi) is 6.78. The molecule has 1 unspecified atom stereocenters. The van der Waals surface area contributed by atoms with Crippen molar-refractivity contribution < 1.29 is 27.0 Å². The molecule has 176 valence electrons. The maximum atomic E-state index is 13.5. The van der Waals surface area contributed by atoms with E-state index in [1.54, 1.807) is 18.2 Å². The van der Waals surface area contributed by atoms with Gasteiger partial charge in [0.15, 0.2) is 11.5 Å². The number of oxazole rings is 1. The molecular formula is C24H28N2O6S. The molecule has 1 aliphatic heterocycles. The summed E-state index contributed by atoms with van der Waals surface area (Å²) in [5.41, 5.74) is 0.648. The molecule has 0 saturated heterocycles. The van der Waals surface area contributed by atoms with Crippen molar-refractivity contribution in [2.24, 2.45) is 0 Å². The molecule has 0 saturated carbocycles. The van der Waals surface area contributed by atoms with Crippen LogP contribution in [0.4, 0.5) is 5.88 Å². The van der Waals surface area contributed by atoms with Gasteiger partial charge < -0.3 is 23.9 Å². The number of hydrogen-bond donors (Lipinski definition) is 1. The predicted molar refractivity (Wildman–Crippen MR) is 124 cm³/mol. The van der Waals surface area contributed by atoms with Crippen LogP contribution in [0.15, 0.2) is 56.8 Å². The van der Waals surface area contributed by atoms with E-state index in [1.807, 2.05) is 32.9 Å². The first kappa shape index (κ1) is 23.0. The predicted octanol–water partition coefficient (Wildman–Crippen LogP) is 4.94. The molecule has 33 heavy (non-hydrogen) atoms. The average molecular weight is 473 g/mol. The zero-order valence-corrected chi connectivity index (χ0v) is 19.8. The van der Waals surface area contributed by atoms with Crippen LogP contribution < -0.4 is 19.5 Å². The quantitative estimate of drug-likeness (QED) is 0.467. The Balaban J connectivity index is 1.72. The van der Waals surface area contributed by atoms with Gasteiger partial charge >= 0.3 is 0 Å². The first-order valence-electron chi connectivity index (χ1n) is 11.1. The highest BCUT2D eigenvalue weighted by molar-refractivity contribution is 7.91.